The van der Waals surface area contributed by atoms with Crippen molar-refractivity contribution in [2.24, 2.45) is 0 Å². The van der Waals surface area contributed by atoms with E-state index in [-0.39, 0.29) is 18.9 Å². The minimum atomic E-state index is -0.993. The number of carbonyl (C=O) groups excluding carboxylic acids is 1. The average Bonchev–Trinajstić information content (AvgIpc) is 2.77. The number of carboxylic acid groups (broad SMARTS) is 1. The Kier molecular flexibility index (Phi) is 5.12. The fourth-order valence-corrected chi connectivity index (χ4v) is 1.44. The van der Waals surface area contributed by atoms with Crippen molar-refractivity contribution in [2.45, 2.75) is 26.3 Å². The average molecular weight is 240 g/mol. The first-order valence-electron chi connectivity index (χ1n) is 5.45. The van der Waals surface area contributed by atoms with Gasteiger partial charge in [0.1, 0.15) is 19.2 Å². The van der Waals surface area contributed by atoms with Crippen LogP contribution in [0.25, 0.3) is 0 Å². The van der Waals surface area contributed by atoms with Gasteiger partial charge in [0, 0.05) is 13.0 Å². The third-order valence-corrected chi connectivity index (χ3v) is 2.19. The second-order valence-corrected chi connectivity index (χ2v) is 3.62. The molecule has 1 aromatic heterocycles. The number of aliphatic carboxylic acids is 1. The monoisotopic (exact) mass is 240 g/mol. The van der Waals surface area contributed by atoms with Gasteiger partial charge in [0.15, 0.2) is 0 Å². The predicted molar refractivity (Wildman–Crippen MR) is 59.1 cm³/mol. The van der Waals surface area contributed by atoms with E-state index in [1.165, 1.54) is 17.6 Å². The smallest absolute Gasteiger partial charge is 0.323 e. The summed E-state index contributed by atoms with van der Waals surface area (Å²) in [6, 6.07) is 0. The number of aromatic nitrogens is 3. The molecule has 0 unspecified atom stereocenters. The van der Waals surface area contributed by atoms with E-state index >= 15 is 0 Å². The molecule has 0 saturated carbocycles. The molecule has 0 radical (unpaired) electrons. The predicted octanol–water partition coefficient (Wildman–Crippen LogP) is -0.00860. The van der Waals surface area contributed by atoms with Crippen molar-refractivity contribution in [3.8, 4) is 0 Å². The van der Waals surface area contributed by atoms with Crippen LogP contribution < -0.4 is 0 Å². The molecule has 7 nitrogen and oxygen atoms in total. The number of amides is 1. The highest BCUT2D eigenvalue weighted by atomic mass is 16.4. The number of carboxylic acids is 1. The lowest BCUT2D eigenvalue weighted by Crippen LogP contribution is -2.36. The van der Waals surface area contributed by atoms with Gasteiger partial charge in [-0.1, -0.05) is 6.92 Å². The third kappa shape index (κ3) is 4.62. The topological polar surface area (TPSA) is 88.3 Å². The van der Waals surface area contributed by atoms with Crippen LogP contribution in [-0.4, -0.2) is 49.7 Å². The minimum absolute atomic E-state index is 0.176. The molecule has 1 aromatic rings. The van der Waals surface area contributed by atoms with Gasteiger partial charge in [-0.2, -0.15) is 5.10 Å². The first-order chi connectivity index (χ1) is 8.13. The van der Waals surface area contributed by atoms with Crippen molar-refractivity contribution in [2.75, 3.05) is 13.1 Å². The summed E-state index contributed by atoms with van der Waals surface area (Å²) in [5.74, 6) is -1.17. The van der Waals surface area contributed by atoms with Crippen LogP contribution in [0, 0.1) is 0 Å². The first kappa shape index (κ1) is 13.1. The molecule has 1 N–H and O–H groups in total. The SMILES string of the molecule is CCCN(CC(=O)O)C(=O)CCn1cncn1. The normalized spacial score (nSPS) is 10.2. The molecule has 1 amide bonds. The Morgan fingerprint density at radius 1 is 1.47 bits per heavy atom. The quantitative estimate of drug-likeness (QED) is 0.724. The van der Waals surface area contributed by atoms with Crippen LogP contribution in [0.3, 0.4) is 0 Å². The van der Waals surface area contributed by atoms with Gasteiger partial charge in [-0.05, 0) is 6.42 Å². The Bertz CT molecular complexity index is 364. The number of hydrogen-bond acceptors (Lipinski definition) is 4. The summed E-state index contributed by atoms with van der Waals surface area (Å²) in [5, 5.41) is 12.6. The molecule has 0 fully saturated rings. The maximum Gasteiger partial charge on any atom is 0.323 e. The fourth-order valence-electron chi connectivity index (χ4n) is 1.44. The molecule has 0 bridgehead atoms. The zero-order valence-corrected chi connectivity index (χ0v) is 9.74. The summed E-state index contributed by atoms with van der Waals surface area (Å²) in [6.45, 7) is 2.53. The van der Waals surface area contributed by atoms with Crippen LogP contribution >= 0.6 is 0 Å². The fraction of sp³-hybridized carbons (Fsp3) is 0.600. The van der Waals surface area contributed by atoms with Gasteiger partial charge >= 0.3 is 5.97 Å². The zero-order valence-electron chi connectivity index (χ0n) is 9.74. The van der Waals surface area contributed by atoms with Gasteiger partial charge in [0.05, 0.1) is 6.54 Å². The van der Waals surface area contributed by atoms with Crippen molar-refractivity contribution >= 4 is 11.9 Å². The number of carbonyl (C=O) groups is 2. The molecule has 0 spiro atoms. The van der Waals surface area contributed by atoms with Gasteiger partial charge in [-0.3, -0.25) is 14.3 Å². The molecule has 0 aliphatic carbocycles. The molecule has 0 aliphatic heterocycles. The van der Waals surface area contributed by atoms with Gasteiger partial charge in [-0.15, -0.1) is 0 Å². The molecule has 1 heterocycles. The van der Waals surface area contributed by atoms with E-state index in [9.17, 15) is 9.59 Å². The summed E-state index contributed by atoms with van der Waals surface area (Å²) in [4.78, 5) is 27.5. The van der Waals surface area contributed by atoms with E-state index in [4.69, 9.17) is 5.11 Å². The van der Waals surface area contributed by atoms with E-state index in [0.717, 1.165) is 6.42 Å². The zero-order chi connectivity index (χ0) is 12.7. The molecule has 7 heteroatoms. The molecule has 0 aromatic carbocycles. The van der Waals surface area contributed by atoms with Crippen LogP contribution in [0.2, 0.25) is 0 Å². The van der Waals surface area contributed by atoms with E-state index in [2.05, 4.69) is 10.1 Å². The van der Waals surface area contributed by atoms with Crippen LogP contribution in [-0.2, 0) is 16.1 Å². The van der Waals surface area contributed by atoms with Crippen LogP contribution in [0.15, 0.2) is 12.7 Å². The van der Waals surface area contributed by atoms with Gasteiger partial charge < -0.3 is 10.0 Å². The van der Waals surface area contributed by atoms with Gasteiger partial charge in [-0.25, -0.2) is 4.98 Å². The highest BCUT2D eigenvalue weighted by Crippen LogP contribution is 1.98. The Morgan fingerprint density at radius 2 is 2.24 bits per heavy atom. The lowest BCUT2D eigenvalue weighted by Gasteiger charge is -2.19. The molecule has 0 aliphatic rings. The molecular formula is C10H16N4O3. The lowest BCUT2D eigenvalue weighted by molar-refractivity contribution is -0.144. The van der Waals surface area contributed by atoms with E-state index in [1.54, 1.807) is 4.68 Å². The molecule has 0 atom stereocenters. The Labute approximate surface area is 99.1 Å². The third-order valence-electron chi connectivity index (χ3n) is 2.19. The Hall–Kier alpha value is -1.92. The van der Waals surface area contributed by atoms with Gasteiger partial charge in [0.2, 0.25) is 5.91 Å². The second-order valence-electron chi connectivity index (χ2n) is 3.62. The van der Waals surface area contributed by atoms with Crippen molar-refractivity contribution in [1.82, 2.24) is 19.7 Å². The largest absolute Gasteiger partial charge is 0.480 e. The number of aryl methyl sites for hydroxylation is 1. The minimum Gasteiger partial charge on any atom is -0.480 e. The maximum atomic E-state index is 11.8. The second kappa shape index (κ2) is 6.62. The van der Waals surface area contributed by atoms with E-state index in [0.29, 0.717) is 13.1 Å². The number of hydrogen-bond donors (Lipinski definition) is 1. The Morgan fingerprint density at radius 3 is 2.76 bits per heavy atom. The van der Waals surface area contributed by atoms with Crippen LogP contribution in [0.5, 0.6) is 0 Å². The molecule has 0 saturated heterocycles. The summed E-state index contributed by atoms with van der Waals surface area (Å²) in [7, 11) is 0. The summed E-state index contributed by atoms with van der Waals surface area (Å²) in [5.41, 5.74) is 0. The van der Waals surface area contributed by atoms with Crippen molar-refractivity contribution in [1.29, 1.82) is 0 Å². The summed E-state index contributed by atoms with van der Waals surface area (Å²) < 4.78 is 1.54. The summed E-state index contributed by atoms with van der Waals surface area (Å²) >= 11 is 0. The molecular weight excluding hydrogens is 224 g/mol. The van der Waals surface area contributed by atoms with Gasteiger partial charge in [0.25, 0.3) is 0 Å². The Balaban J connectivity index is 2.44. The lowest BCUT2D eigenvalue weighted by atomic mass is 10.3. The summed E-state index contributed by atoms with van der Waals surface area (Å²) in [6.07, 6.45) is 3.89. The maximum absolute atomic E-state index is 11.8. The molecule has 17 heavy (non-hydrogen) atoms. The van der Waals surface area contributed by atoms with Crippen LogP contribution in [0.4, 0.5) is 0 Å². The van der Waals surface area contributed by atoms with Crippen LogP contribution in [0.1, 0.15) is 19.8 Å². The van der Waals surface area contributed by atoms with Crippen molar-refractivity contribution < 1.29 is 14.7 Å². The van der Waals surface area contributed by atoms with Crippen molar-refractivity contribution in [3.05, 3.63) is 12.7 Å². The first-order valence-corrected chi connectivity index (χ1v) is 5.45. The standard InChI is InChI=1S/C10H16N4O3/c1-2-4-13(6-10(16)17)9(15)3-5-14-8-11-7-12-14/h7-8H,2-6H2,1H3,(H,16,17). The molecule has 94 valence electrons. The van der Waals surface area contributed by atoms with E-state index < -0.39 is 5.97 Å². The number of nitrogens with zero attached hydrogens (tertiary/aromatic N) is 4. The van der Waals surface area contributed by atoms with Crippen molar-refractivity contribution in [3.63, 3.8) is 0 Å². The molecule has 1 rings (SSSR count). The number of rotatable bonds is 7. The van der Waals surface area contributed by atoms with E-state index in [1.807, 2.05) is 6.92 Å². The highest BCUT2D eigenvalue weighted by Gasteiger charge is 2.15. The highest BCUT2D eigenvalue weighted by molar-refractivity contribution is 5.81.